The zero-order valence-electron chi connectivity index (χ0n) is 16.5. The lowest BCUT2D eigenvalue weighted by Gasteiger charge is -2.16. The molecule has 0 saturated carbocycles. The molecule has 0 atom stereocenters. The summed E-state index contributed by atoms with van der Waals surface area (Å²) in [5.41, 5.74) is 3.35. The average Bonchev–Trinajstić information content (AvgIpc) is 2.71. The van der Waals surface area contributed by atoms with Gasteiger partial charge in [0.25, 0.3) is 5.91 Å². The molecule has 3 aromatic rings. The third-order valence-corrected chi connectivity index (χ3v) is 6.29. The molecule has 0 spiro atoms. The Kier molecular flexibility index (Phi) is 8.02. The van der Waals surface area contributed by atoms with E-state index in [2.05, 4.69) is 56.0 Å². The summed E-state index contributed by atoms with van der Waals surface area (Å²) in [6, 6.07) is 16.9. The van der Waals surface area contributed by atoms with Crippen molar-refractivity contribution in [3.05, 3.63) is 84.4 Å². The van der Waals surface area contributed by atoms with E-state index in [1.54, 1.807) is 30.3 Å². The second-order valence-corrected chi connectivity index (χ2v) is 9.00. The van der Waals surface area contributed by atoms with E-state index in [0.29, 0.717) is 41.0 Å². The summed E-state index contributed by atoms with van der Waals surface area (Å²) >= 11 is 11.6. The number of amides is 1. The van der Waals surface area contributed by atoms with Crippen LogP contribution >= 0.6 is 50.1 Å². The van der Waals surface area contributed by atoms with E-state index in [1.165, 1.54) is 5.56 Å². The lowest BCUT2D eigenvalue weighted by molar-refractivity contribution is 0.102. The van der Waals surface area contributed by atoms with Crippen molar-refractivity contribution in [2.45, 2.75) is 20.5 Å². The molecule has 0 bridgehead atoms. The van der Waals surface area contributed by atoms with E-state index in [-0.39, 0.29) is 5.91 Å². The summed E-state index contributed by atoms with van der Waals surface area (Å²) in [5.74, 6) is 0.911. The molecule has 1 amide bonds. The first-order valence-corrected chi connectivity index (χ1v) is 11.5. The zero-order valence-corrected chi connectivity index (χ0v) is 21.0. The molecule has 156 valence electrons. The van der Waals surface area contributed by atoms with E-state index >= 15 is 0 Å². The Balaban J connectivity index is 1.81. The monoisotopic (exact) mass is 599 g/mol. The van der Waals surface area contributed by atoms with Gasteiger partial charge in [0.15, 0.2) is 11.5 Å². The van der Waals surface area contributed by atoms with E-state index in [4.69, 9.17) is 21.1 Å². The molecular formula is C23H20BrClINO3. The third-order valence-electron chi connectivity index (χ3n) is 4.25. The number of benzene rings is 3. The molecule has 0 fully saturated rings. The Morgan fingerprint density at radius 3 is 2.50 bits per heavy atom. The summed E-state index contributed by atoms with van der Waals surface area (Å²) in [4.78, 5) is 12.8. The number of carbonyl (C=O) groups excluding carboxylic acids is 1. The Bertz CT molecular complexity index is 1060. The minimum absolute atomic E-state index is 0.252. The van der Waals surface area contributed by atoms with Crippen LogP contribution in [0.3, 0.4) is 0 Å². The maximum absolute atomic E-state index is 12.8. The van der Waals surface area contributed by atoms with Gasteiger partial charge in [-0.25, -0.2) is 0 Å². The molecule has 30 heavy (non-hydrogen) atoms. The Labute approximate surface area is 203 Å². The highest BCUT2D eigenvalue weighted by molar-refractivity contribution is 14.1. The molecule has 3 rings (SSSR count). The first kappa shape index (κ1) is 22.9. The Hall–Kier alpha value is -1.77. The Morgan fingerprint density at radius 2 is 1.83 bits per heavy atom. The van der Waals surface area contributed by atoms with Crippen molar-refractivity contribution in [1.29, 1.82) is 0 Å². The second-order valence-electron chi connectivity index (χ2n) is 6.58. The molecule has 7 heteroatoms. The topological polar surface area (TPSA) is 47.6 Å². The number of hydrogen-bond donors (Lipinski definition) is 1. The first-order valence-electron chi connectivity index (χ1n) is 9.28. The highest BCUT2D eigenvalue weighted by Gasteiger charge is 2.17. The number of anilines is 1. The molecule has 0 aliphatic carbocycles. The number of nitrogens with one attached hydrogen (secondary N) is 1. The number of halogens is 3. The van der Waals surface area contributed by atoms with Crippen LogP contribution < -0.4 is 14.8 Å². The van der Waals surface area contributed by atoms with Crippen molar-refractivity contribution in [3.8, 4) is 11.5 Å². The van der Waals surface area contributed by atoms with Crippen LogP contribution in [0, 0.1) is 10.5 Å². The number of aryl methyl sites for hydroxylation is 1. The van der Waals surface area contributed by atoms with Crippen LogP contribution in [-0.4, -0.2) is 12.5 Å². The molecule has 0 aliphatic heterocycles. The van der Waals surface area contributed by atoms with Gasteiger partial charge in [0.1, 0.15) is 6.61 Å². The normalized spacial score (nSPS) is 10.6. The SMILES string of the molecule is CCOc1cc(C(=O)Nc2ccc(Br)c(Cl)c2)cc(I)c1OCc1ccc(C)cc1. The van der Waals surface area contributed by atoms with Gasteiger partial charge in [0.2, 0.25) is 0 Å². The van der Waals surface area contributed by atoms with Gasteiger partial charge in [-0.2, -0.15) is 0 Å². The standard InChI is InChI=1S/C23H20BrClINO3/c1-3-29-21-11-16(23(28)27-17-8-9-18(24)19(25)12-17)10-20(26)22(21)30-13-15-6-4-14(2)5-7-15/h4-12H,3,13H2,1-2H3,(H,27,28). The molecule has 0 saturated heterocycles. The predicted octanol–water partition coefficient (Wildman–Crippen LogP) is 7.25. The van der Waals surface area contributed by atoms with Gasteiger partial charge in [-0.15, -0.1) is 0 Å². The van der Waals surface area contributed by atoms with Crippen molar-refractivity contribution in [1.82, 2.24) is 0 Å². The van der Waals surface area contributed by atoms with Crippen LogP contribution in [0.15, 0.2) is 59.1 Å². The lowest BCUT2D eigenvalue weighted by atomic mass is 10.1. The third kappa shape index (κ3) is 5.89. The average molecular weight is 601 g/mol. The van der Waals surface area contributed by atoms with Crippen molar-refractivity contribution in [3.63, 3.8) is 0 Å². The molecule has 0 radical (unpaired) electrons. The number of hydrogen-bond acceptors (Lipinski definition) is 3. The molecule has 0 heterocycles. The minimum Gasteiger partial charge on any atom is -0.490 e. The molecule has 3 aromatic carbocycles. The van der Waals surface area contributed by atoms with Crippen LogP contribution in [0.25, 0.3) is 0 Å². The molecule has 1 N–H and O–H groups in total. The first-order chi connectivity index (χ1) is 14.4. The van der Waals surface area contributed by atoms with Crippen molar-refractivity contribution in [2.75, 3.05) is 11.9 Å². The van der Waals surface area contributed by atoms with Crippen LogP contribution in [0.2, 0.25) is 5.02 Å². The van der Waals surface area contributed by atoms with E-state index < -0.39 is 0 Å². The quantitative estimate of drug-likeness (QED) is 0.291. The predicted molar refractivity (Wildman–Crippen MR) is 133 cm³/mol. The number of rotatable bonds is 7. The maximum Gasteiger partial charge on any atom is 0.255 e. The summed E-state index contributed by atoms with van der Waals surface area (Å²) < 4.78 is 13.4. The van der Waals surface area contributed by atoms with Crippen molar-refractivity contribution < 1.29 is 14.3 Å². The molecule has 0 aliphatic rings. The van der Waals surface area contributed by atoms with Crippen LogP contribution in [0.5, 0.6) is 11.5 Å². The minimum atomic E-state index is -0.252. The van der Waals surface area contributed by atoms with Crippen molar-refractivity contribution in [2.24, 2.45) is 0 Å². The smallest absolute Gasteiger partial charge is 0.255 e. The van der Waals surface area contributed by atoms with Gasteiger partial charge in [-0.1, -0.05) is 41.4 Å². The second kappa shape index (κ2) is 10.5. The zero-order chi connectivity index (χ0) is 21.7. The summed E-state index contributed by atoms with van der Waals surface area (Å²) in [5, 5.41) is 3.39. The number of ether oxygens (including phenoxy) is 2. The van der Waals surface area contributed by atoms with Crippen molar-refractivity contribution >= 4 is 61.7 Å². The highest BCUT2D eigenvalue weighted by Crippen LogP contribution is 2.35. The Morgan fingerprint density at radius 1 is 1.10 bits per heavy atom. The van der Waals surface area contributed by atoms with E-state index in [1.807, 2.05) is 26.0 Å². The summed E-state index contributed by atoms with van der Waals surface area (Å²) in [6.45, 7) is 4.82. The molecule has 0 aromatic heterocycles. The number of carbonyl (C=O) groups is 1. The fourth-order valence-corrected chi connectivity index (χ4v) is 3.90. The van der Waals surface area contributed by atoms with Gasteiger partial charge in [-0.05, 0) is 88.3 Å². The van der Waals surface area contributed by atoms with Crippen LogP contribution in [0.1, 0.15) is 28.4 Å². The fraction of sp³-hybridized carbons (Fsp3) is 0.174. The van der Waals surface area contributed by atoms with Crippen LogP contribution in [0.4, 0.5) is 5.69 Å². The van der Waals surface area contributed by atoms with Gasteiger partial charge in [0, 0.05) is 15.7 Å². The highest BCUT2D eigenvalue weighted by atomic mass is 127. The fourth-order valence-electron chi connectivity index (χ4n) is 2.72. The van der Waals surface area contributed by atoms with Gasteiger partial charge in [0.05, 0.1) is 15.2 Å². The van der Waals surface area contributed by atoms with E-state index in [9.17, 15) is 4.79 Å². The molecule has 0 unspecified atom stereocenters. The summed E-state index contributed by atoms with van der Waals surface area (Å²) in [6.07, 6.45) is 0. The molecular weight excluding hydrogens is 581 g/mol. The van der Waals surface area contributed by atoms with Crippen LogP contribution in [-0.2, 0) is 6.61 Å². The van der Waals surface area contributed by atoms with E-state index in [0.717, 1.165) is 13.6 Å². The maximum atomic E-state index is 12.8. The largest absolute Gasteiger partial charge is 0.490 e. The van der Waals surface area contributed by atoms with Gasteiger partial charge in [-0.3, -0.25) is 4.79 Å². The molecule has 4 nitrogen and oxygen atoms in total. The van der Waals surface area contributed by atoms with Gasteiger partial charge < -0.3 is 14.8 Å². The summed E-state index contributed by atoms with van der Waals surface area (Å²) in [7, 11) is 0. The lowest BCUT2D eigenvalue weighted by Crippen LogP contribution is -2.13. The van der Waals surface area contributed by atoms with Gasteiger partial charge >= 0.3 is 0 Å².